The van der Waals surface area contributed by atoms with Gasteiger partial charge in [-0.15, -0.1) is 11.8 Å². The predicted octanol–water partition coefficient (Wildman–Crippen LogP) is 3.91. The molecule has 1 aliphatic rings. The van der Waals surface area contributed by atoms with Crippen LogP contribution >= 0.6 is 11.8 Å². The molecule has 4 nitrogen and oxygen atoms in total. The summed E-state index contributed by atoms with van der Waals surface area (Å²) in [4.78, 5) is 17.7. The average Bonchev–Trinajstić information content (AvgIpc) is 3.09. The van der Waals surface area contributed by atoms with E-state index in [1.807, 2.05) is 43.3 Å². The van der Waals surface area contributed by atoms with Crippen LogP contribution in [0.1, 0.15) is 28.8 Å². The van der Waals surface area contributed by atoms with E-state index in [-0.39, 0.29) is 5.91 Å². The van der Waals surface area contributed by atoms with Crippen LogP contribution in [0.4, 0.5) is 5.82 Å². The molecule has 1 unspecified atom stereocenters. The van der Waals surface area contributed by atoms with Gasteiger partial charge in [0.25, 0.3) is 5.91 Å². The Hall–Kier alpha value is -1.85. The van der Waals surface area contributed by atoms with E-state index >= 15 is 0 Å². The van der Waals surface area contributed by atoms with Gasteiger partial charge in [-0.25, -0.2) is 4.98 Å². The summed E-state index contributed by atoms with van der Waals surface area (Å²) in [6.45, 7) is 2.82. The van der Waals surface area contributed by atoms with Gasteiger partial charge in [0.15, 0.2) is 0 Å². The van der Waals surface area contributed by atoms with E-state index < -0.39 is 0 Å². The number of ether oxygens (including phenoxy) is 1. The van der Waals surface area contributed by atoms with Crippen LogP contribution in [0.2, 0.25) is 0 Å². The van der Waals surface area contributed by atoms with Crippen molar-refractivity contribution in [3.63, 3.8) is 0 Å². The number of benzene rings is 1. The molecule has 0 radical (unpaired) electrons. The van der Waals surface area contributed by atoms with Gasteiger partial charge >= 0.3 is 0 Å². The highest BCUT2D eigenvalue weighted by molar-refractivity contribution is 7.99. The van der Waals surface area contributed by atoms with E-state index in [1.54, 1.807) is 18.0 Å². The Balaban J connectivity index is 1.68. The first kappa shape index (κ1) is 16.0. The van der Waals surface area contributed by atoms with Crippen molar-refractivity contribution in [2.45, 2.75) is 30.8 Å². The van der Waals surface area contributed by atoms with Crippen LogP contribution in [0.15, 0.2) is 47.5 Å². The zero-order valence-electron chi connectivity index (χ0n) is 13.1. The number of amides is 1. The number of hydrogen-bond acceptors (Lipinski definition) is 4. The molecule has 3 rings (SSSR count). The first-order valence-corrected chi connectivity index (χ1v) is 8.78. The molecule has 2 aromatic rings. The normalized spacial score (nSPS) is 17.2. The summed E-state index contributed by atoms with van der Waals surface area (Å²) in [5, 5.41) is 2.86. The quantitative estimate of drug-likeness (QED) is 0.845. The second kappa shape index (κ2) is 7.62. The largest absolute Gasteiger partial charge is 0.377 e. The van der Waals surface area contributed by atoms with Crippen molar-refractivity contribution in [2.24, 2.45) is 0 Å². The maximum Gasteiger partial charge on any atom is 0.257 e. The summed E-state index contributed by atoms with van der Waals surface area (Å²) in [7, 11) is 0. The Morgan fingerprint density at radius 1 is 1.35 bits per heavy atom. The standard InChI is InChI=1S/C18H20N2O2S/c1-13-8-9-17(19-11-13)20-18(21)15-6-2-3-7-16(15)23-12-14-5-4-10-22-14/h2-3,6-9,11,14H,4-5,10,12H2,1H3,(H,19,20,21). The topological polar surface area (TPSA) is 51.2 Å². The molecule has 23 heavy (non-hydrogen) atoms. The van der Waals surface area contributed by atoms with Gasteiger partial charge in [-0.3, -0.25) is 4.79 Å². The number of pyridine rings is 1. The van der Waals surface area contributed by atoms with Crippen molar-refractivity contribution in [1.29, 1.82) is 0 Å². The summed E-state index contributed by atoms with van der Waals surface area (Å²) in [5.74, 6) is 1.32. The molecule has 0 spiro atoms. The van der Waals surface area contributed by atoms with Crippen LogP contribution in [-0.2, 0) is 4.74 Å². The molecule has 0 saturated carbocycles. The first-order chi connectivity index (χ1) is 11.2. The van der Waals surface area contributed by atoms with Crippen LogP contribution in [0, 0.1) is 6.92 Å². The number of carbonyl (C=O) groups is 1. The molecule has 1 saturated heterocycles. The van der Waals surface area contributed by atoms with Crippen molar-refractivity contribution in [3.05, 3.63) is 53.7 Å². The third-order valence-corrected chi connectivity index (χ3v) is 4.94. The second-order valence-corrected chi connectivity index (χ2v) is 6.68. The van der Waals surface area contributed by atoms with E-state index in [0.29, 0.717) is 17.5 Å². The fourth-order valence-electron chi connectivity index (χ4n) is 2.46. The van der Waals surface area contributed by atoms with Crippen LogP contribution in [0.3, 0.4) is 0 Å². The summed E-state index contributed by atoms with van der Waals surface area (Å²) < 4.78 is 5.65. The van der Waals surface area contributed by atoms with Gasteiger partial charge in [0.1, 0.15) is 5.82 Å². The van der Waals surface area contributed by atoms with Crippen molar-refractivity contribution in [1.82, 2.24) is 4.98 Å². The number of carbonyl (C=O) groups excluding carboxylic acids is 1. The number of nitrogens with zero attached hydrogens (tertiary/aromatic N) is 1. The van der Waals surface area contributed by atoms with Crippen LogP contribution in [0.5, 0.6) is 0 Å². The Bertz CT molecular complexity index is 667. The third-order valence-electron chi connectivity index (χ3n) is 3.73. The highest BCUT2D eigenvalue weighted by atomic mass is 32.2. The first-order valence-electron chi connectivity index (χ1n) is 7.80. The number of thioether (sulfide) groups is 1. The molecule has 5 heteroatoms. The summed E-state index contributed by atoms with van der Waals surface area (Å²) >= 11 is 1.68. The molecular weight excluding hydrogens is 308 g/mol. The van der Waals surface area contributed by atoms with Gasteiger partial charge in [-0.1, -0.05) is 18.2 Å². The Morgan fingerprint density at radius 2 is 2.22 bits per heavy atom. The lowest BCUT2D eigenvalue weighted by Gasteiger charge is -2.12. The smallest absolute Gasteiger partial charge is 0.257 e. The lowest BCUT2D eigenvalue weighted by Crippen LogP contribution is -2.14. The molecule has 120 valence electrons. The van der Waals surface area contributed by atoms with Gasteiger partial charge in [0, 0.05) is 23.5 Å². The average molecular weight is 328 g/mol. The van der Waals surface area contributed by atoms with E-state index in [9.17, 15) is 4.79 Å². The molecule has 1 atom stereocenters. The highest BCUT2D eigenvalue weighted by Gasteiger charge is 2.18. The SMILES string of the molecule is Cc1ccc(NC(=O)c2ccccc2SCC2CCCO2)nc1. The van der Waals surface area contributed by atoms with Crippen LogP contribution in [0.25, 0.3) is 0 Å². The summed E-state index contributed by atoms with van der Waals surface area (Å²) in [6.07, 6.45) is 4.28. The molecule has 1 amide bonds. The third kappa shape index (κ3) is 4.33. The van der Waals surface area contributed by atoms with E-state index in [2.05, 4.69) is 10.3 Å². The highest BCUT2D eigenvalue weighted by Crippen LogP contribution is 2.27. The molecule has 1 aromatic heterocycles. The Kier molecular flexibility index (Phi) is 5.31. The predicted molar refractivity (Wildman–Crippen MR) is 93.1 cm³/mol. The molecule has 0 bridgehead atoms. The monoisotopic (exact) mass is 328 g/mol. The number of nitrogens with one attached hydrogen (secondary N) is 1. The minimum Gasteiger partial charge on any atom is -0.377 e. The van der Waals surface area contributed by atoms with Gasteiger partial charge < -0.3 is 10.1 Å². The molecular formula is C18H20N2O2S. The van der Waals surface area contributed by atoms with Crippen LogP contribution < -0.4 is 5.32 Å². The number of rotatable bonds is 5. The summed E-state index contributed by atoms with van der Waals surface area (Å²) in [6, 6.07) is 11.4. The Morgan fingerprint density at radius 3 is 2.96 bits per heavy atom. The van der Waals surface area contributed by atoms with Crippen molar-refractivity contribution in [2.75, 3.05) is 17.7 Å². The molecule has 0 aliphatic carbocycles. The maximum absolute atomic E-state index is 12.5. The van der Waals surface area contributed by atoms with E-state index in [1.165, 1.54) is 0 Å². The van der Waals surface area contributed by atoms with Crippen molar-refractivity contribution >= 4 is 23.5 Å². The lowest BCUT2D eigenvalue weighted by atomic mass is 10.2. The maximum atomic E-state index is 12.5. The Labute approximate surface area is 140 Å². The van der Waals surface area contributed by atoms with E-state index in [4.69, 9.17) is 4.74 Å². The molecule has 1 aliphatic heterocycles. The second-order valence-electron chi connectivity index (χ2n) is 5.62. The molecule has 1 N–H and O–H groups in total. The number of aromatic nitrogens is 1. The van der Waals surface area contributed by atoms with Crippen molar-refractivity contribution in [3.8, 4) is 0 Å². The molecule has 2 heterocycles. The van der Waals surface area contributed by atoms with Gasteiger partial charge in [0.05, 0.1) is 11.7 Å². The minimum atomic E-state index is -0.128. The summed E-state index contributed by atoms with van der Waals surface area (Å²) in [5.41, 5.74) is 1.74. The van der Waals surface area contributed by atoms with Gasteiger partial charge in [-0.2, -0.15) is 0 Å². The fourth-order valence-corrected chi connectivity index (χ4v) is 3.58. The van der Waals surface area contributed by atoms with Crippen molar-refractivity contribution < 1.29 is 9.53 Å². The van der Waals surface area contributed by atoms with E-state index in [0.717, 1.165) is 35.7 Å². The number of hydrogen-bond donors (Lipinski definition) is 1. The minimum absolute atomic E-state index is 0.128. The number of anilines is 1. The molecule has 1 aromatic carbocycles. The molecule has 1 fully saturated rings. The fraction of sp³-hybridized carbons (Fsp3) is 0.333. The zero-order chi connectivity index (χ0) is 16.1. The van der Waals surface area contributed by atoms with Gasteiger partial charge in [-0.05, 0) is 43.5 Å². The number of aryl methyl sites for hydroxylation is 1. The van der Waals surface area contributed by atoms with Crippen LogP contribution in [-0.4, -0.2) is 29.4 Å². The zero-order valence-corrected chi connectivity index (χ0v) is 13.9. The van der Waals surface area contributed by atoms with Gasteiger partial charge in [0.2, 0.25) is 0 Å². The lowest BCUT2D eigenvalue weighted by molar-refractivity contribution is 0.102.